The largest absolute Gasteiger partial charge is 0.466 e. The van der Waals surface area contributed by atoms with E-state index in [-0.39, 0.29) is 18.5 Å². The molecule has 7 atom stereocenters. The highest BCUT2D eigenvalue weighted by molar-refractivity contribution is 5.76. The molecular formula is C66H125NO10. The Morgan fingerprint density at radius 3 is 1.25 bits per heavy atom. The van der Waals surface area contributed by atoms with Crippen LogP contribution in [0.3, 0.4) is 0 Å². The van der Waals surface area contributed by atoms with Crippen LogP contribution >= 0.6 is 0 Å². The van der Waals surface area contributed by atoms with Crippen LogP contribution in [0.15, 0.2) is 24.3 Å². The van der Waals surface area contributed by atoms with Gasteiger partial charge in [0.15, 0.2) is 6.29 Å². The first kappa shape index (κ1) is 73.2. The summed E-state index contributed by atoms with van der Waals surface area (Å²) in [6.45, 7) is 4.36. The average Bonchev–Trinajstić information content (AvgIpc) is 3.43. The van der Waals surface area contributed by atoms with E-state index in [1.54, 1.807) is 6.08 Å². The second kappa shape index (κ2) is 56.0. The summed E-state index contributed by atoms with van der Waals surface area (Å²) >= 11 is 0. The molecule has 77 heavy (non-hydrogen) atoms. The number of unbranched alkanes of at least 4 members (excludes halogenated alkanes) is 42. The molecule has 1 aliphatic heterocycles. The highest BCUT2D eigenvalue weighted by Gasteiger charge is 2.44. The molecule has 0 spiro atoms. The van der Waals surface area contributed by atoms with E-state index in [1.165, 1.54) is 231 Å². The number of carbonyl (C=O) groups excluding carboxylic acids is 2. The number of aliphatic hydroxyl groups is 5. The number of allylic oxidation sites excluding steroid dienone is 3. The van der Waals surface area contributed by atoms with Crippen LogP contribution in [0.25, 0.3) is 0 Å². The molecule has 11 nitrogen and oxygen atoms in total. The molecule has 0 aromatic carbocycles. The molecule has 0 aromatic heterocycles. The number of rotatable bonds is 58. The zero-order chi connectivity index (χ0) is 55.9. The predicted octanol–water partition coefficient (Wildman–Crippen LogP) is 16.1. The van der Waals surface area contributed by atoms with E-state index in [9.17, 15) is 35.1 Å². The number of hydrogen-bond acceptors (Lipinski definition) is 10. The number of hydrogen-bond donors (Lipinski definition) is 6. The molecule has 1 rings (SSSR count). The molecule has 7 unspecified atom stereocenters. The molecule has 454 valence electrons. The molecule has 1 heterocycles. The van der Waals surface area contributed by atoms with E-state index in [2.05, 4.69) is 31.3 Å². The van der Waals surface area contributed by atoms with Crippen molar-refractivity contribution in [1.29, 1.82) is 0 Å². The SMILES string of the molecule is CCCCCCCCCCCCCC/C=C/C(O)C(COC1OC(CO)C(O)C(O)C1O)NC(=O)CCCCCCCCCC/C=C\CCCCCCCCCCCCCCOC(=O)CCCCCCCCCCCCC. The van der Waals surface area contributed by atoms with Crippen molar-refractivity contribution in [2.45, 2.75) is 365 Å². The summed E-state index contributed by atoms with van der Waals surface area (Å²) in [5, 5.41) is 54.5. The molecule has 1 aliphatic rings. The lowest BCUT2D eigenvalue weighted by Gasteiger charge is -2.40. The van der Waals surface area contributed by atoms with Crippen molar-refractivity contribution in [2.75, 3.05) is 19.8 Å². The number of carbonyl (C=O) groups is 2. The van der Waals surface area contributed by atoms with Crippen LogP contribution in [0.5, 0.6) is 0 Å². The highest BCUT2D eigenvalue weighted by Crippen LogP contribution is 2.23. The van der Waals surface area contributed by atoms with Gasteiger partial charge in [-0.3, -0.25) is 9.59 Å². The lowest BCUT2D eigenvalue weighted by molar-refractivity contribution is -0.302. The average molecular weight is 1090 g/mol. The minimum absolute atomic E-state index is 0.00149. The van der Waals surface area contributed by atoms with Crippen molar-refractivity contribution >= 4 is 11.9 Å². The molecule has 0 bridgehead atoms. The third kappa shape index (κ3) is 45.4. The molecule has 1 amide bonds. The van der Waals surface area contributed by atoms with Gasteiger partial charge in [0.05, 0.1) is 32.0 Å². The van der Waals surface area contributed by atoms with Crippen LogP contribution in [0.4, 0.5) is 0 Å². The Balaban J connectivity index is 2.05. The highest BCUT2D eigenvalue weighted by atomic mass is 16.7. The Hall–Kier alpha value is -1.86. The van der Waals surface area contributed by atoms with Gasteiger partial charge in [-0.15, -0.1) is 0 Å². The van der Waals surface area contributed by atoms with Crippen LogP contribution in [0.2, 0.25) is 0 Å². The first-order valence-electron chi connectivity index (χ1n) is 33.1. The zero-order valence-corrected chi connectivity index (χ0v) is 50.2. The quantitative estimate of drug-likeness (QED) is 0.0195. The van der Waals surface area contributed by atoms with Gasteiger partial charge in [-0.25, -0.2) is 0 Å². The summed E-state index contributed by atoms with van der Waals surface area (Å²) in [4.78, 5) is 25.1. The van der Waals surface area contributed by atoms with Crippen LogP contribution in [-0.2, 0) is 23.8 Å². The van der Waals surface area contributed by atoms with Crippen molar-refractivity contribution in [3.05, 3.63) is 24.3 Å². The lowest BCUT2D eigenvalue weighted by atomic mass is 9.99. The Morgan fingerprint density at radius 1 is 0.468 bits per heavy atom. The number of amides is 1. The van der Waals surface area contributed by atoms with Crippen molar-refractivity contribution in [3.63, 3.8) is 0 Å². The van der Waals surface area contributed by atoms with E-state index < -0.39 is 49.5 Å². The van der Waals surface area contributed by atoms with E-state index in [1.807, 2.05) is 6.08 Å². The monoisotopic (exact) mass is 1090 g/mol. The Morgan fingerprint density at radius 2 is 0.831 bits per heavy atom. The van der Waals surface area contributed by atoms with Gasteiger partial charge in [-0.2, -0.15) is 0 Å². The molecular weight excluding hydrogens is 967 g/mol. The van der Waals surface area contributed by atoms with Crippen LogP contribution < -0.4 is 5.32 Å². The third-order valence-corrected chi connectivity index (χ3v) is 15.8. The molecule has 6 N–H and O–H groups in total. The summed E-state index contributed by atoms with van der Waals surface area (Å²) in [5.41, 5.74) is 0. The Labute approximate surface area is 473 Å². The maximum atomic E-state index is 13.1. The van der Waals surface area contributed by atoms with Crippen molar-refractivity contribution in [1.82, 2.24) is 5.32 Å². The normalized spacial score (nSPS) is 18.7. The summed E-state index contributed by atoms with van der Waals surface area (Å²) in [6.07, 6.45) is 58.5. The van der Waals surface area contributed by atoms with Crippen molar-refractivity contribution < 1.29 is 49.3 Å². The van der Waals surface area contributed by atoms with Gasteiger partial charge >= 0.3 is 5.97 Å². The molecule has 11 heteroatoms. The van der Waals surface area contributed by atoms with Crippen LogP contribution in [0, 0.1) is 0 Å². The first-order chi connectivity index (χ1) is 37.7. The summed E-state index contributed by atoms with van der Waals surface area (Å²) in [6, 6.07) is -0.813. The fourth-order valence-electron chi connectivity index (χ4n) is 10.5. The molecule has 1 saturated heterocycles. The third-order valence-electron chi connectivity index (χ3n) is 15.8. The maximum absolute atomic E-state index is 13.1. The Kier molecular flexibility index (Phi) is 53.2. The standard InChI is InChI=1S/C66H125NO10/c1-3-5-7-9-11-13-15-16-29-33-36-40-44-48-52-59(69)58(57-76-66-65(74)64(73)63(72)60(56-68)77-66)67-61(70)53-49-45-41-37-34-30-27-25-23-21-19-17-18-20-22-24-26-28-31-35-39-43-47-51-55-75-62(71)54-50-46-42-38-32-14-12-10-8-6-4-2/h19,21,48,52,58-60,63-66,68-69,72-74H,3-18,20,22-47,49-51,53-57H2,1-2H3,(H,67,70)/b21-19-,52-48+. The second-order valence-electron chi connectivity index (χ2n) is 23.2. The van der Waals surface area contributed by atoms with Gasteiger partial charge in [-0.05, 0) is 57.8 Å². The molecule has 0 saturated carbocycles. The van der Waals surface area contributed by atoms with Gasteiger partial charge in [0.25, 0.3) is 0 Å². The van der Waals surface area contributed by atoms with Gasteiger partial charge < -0.3 is 45.1 Å². The Bertz CT molecular complexity index is 1330. The van der Waals surface area contributed by atoms with Gasteiger partial charge in [-0.1, -0.05) is 276 Å². The number of nitrogens with one attached hydrogen (secondary N) is 1. The zero-order valence-electron chi connectivity index (χ0n) is 50.2. The fraction of sp³-hybridized carbons (Fsp3) is 0.909. The van der Waals surface area contributed by atoms with Gasteiger partial charge in [0.2, 0.25) is 5.91 Å². The summed E-state index contributed by atoms with van der Waals surface area (Å²) in [5.74, 6) is -0.183. The van der Waals surface area contributed by atoms with E-state index in [4.69, 9.17) is 14.2 Å². The number of ether oxygens (including phenoxy) is 3. The second-order valence-corrected chi connectivity index (χ2v) is 23.2. The van der Waals surface area contributed by atoms with E-state index >= 15 is 0 Å². The molecule has 0 radical (unpaired) electrons. The molecule has 0 aromatic rings. The van der Waals surface area contributed by atoms with E-state index in [0.717, 1.165) is 64.2 Å². The van der Waals surface area contributed by atoms with Gasteiger partial charge in [0.1, 0.15) is 24.4 Å². The summed E-state index contributed by atoms with van der Waals surface area (Å²) in [7, 11) is 0. The maximum Gasteiger partial charge on any atom is 0.305 e. The topological polar surface area (TPSA) is 175 Å². The predicted molar refractivity (Wildman–Crippen MR) is 320 cm³/mol. The van der Waals surface area contributed by atoms with Crippen molar-refractivity contribution in [2.24, 2.45) is 0 Å². The number of esters is 1. The summed E-state index contributed by atoms with van der Waals surface area (Å²) < 4.78 is 16.7. The van der Waals surface area contributed by atoms with E-state index in [0.29, 0.717) is 19.4 Å². The van der Waals surface area contributed by atoms with Gasteiger partial charge in [0, 0.05) is 12.8 Å². The van der Waals surface area contributed by atoms with Crippen LogP contribution in [0.1, 0.15) is 322 Å². The van der Waals surface area contributed by atoms with Crippen molar-refractivity contribution in [3.8, 4) is 0 Å². The fourth-order valence-corrected chi connectivity index (χ4v) is 10.5. The number of aliphatic hydroxyl groups excluding tert-OH is 5. The molecule has 0 aliphatic carbocycles. The lowest BCUT2D eigenvalue weighted by Crippen LogP contribution is -2.60. The smallest absolute Gasteiger partial charge is 0.305 e. The first-order valence-corrected chi connectivity index (χ1v) is 33.1. The minimum atomic E-state index is -1.57. The molecule has 1 fully saturated rings. The van der Waals surface area contributed by atoms with Crippen LogP contribution in [-0.4, -0.2) is 100 Å². The minimum Gasteiger partial charge on any atom is -0.466 e.